The van der Waals surface area contributed by atoms with Gasteiger partial charge in [-0.2, -0.15) is 0 Å². The quantitative estimate of drug-likeness (QED) is 0.761. The fraction of sp³-hybridized carbons (Fsp3) is 0.500. The number of nitrogens with one attached hydrogen (secondary N) is 1. The van der Waals surface area contributed by atoms with Crippen LogP contribution in [0.15, 0.2) is 12.3 Å². The molecule has 0 atom stereocenters. The largest absolute Gasteiger partial charge is 0.395 e. The molecule has 5 nitrogen and oxygen atoms in total. The van der Waals surface area contributed by atoms with E-state index in [0.29, 0.717) is 12.2 Å². The maximum absolute atomic E-state index is 11.5. The highest BCUT2D eigenvalue weighted by atomic mass is 16.3. The molecule has 0 fully saturated rings. The fourth-order valence-corrected chi connectivity index (χ4v) is 2.08. The lowest BCUT2D eigenvalue weighted by molar-refractivity contribution is 0.0957. The molecular formula is C12H17N3O2. The zero-order valence-electron chi connectivity index (χ0n) is 9.94. The predicted octanol–water partition coefficient (Wildman–Crippen LogP) is -0.208. The van der Waals surface area contributed by atoms with Gasteiger partial charge in [-0.25, -0.2) is 0 Å². The van der Waals surface area contributed by atoms with E-state index in [0.717, 1.165) is 25.1 Å². The SMILES string of the molecule is CNC(=O)c1cc2c(cn1)CCN(CCO)C2. The smallest absolute Gasteiger partial charge is 0.269 e. The van der Waals surface area contributed by atoms with Gasteiger partial charge in [0.1, 0.15) is 5.69 Å². The van der Waals surface area contributed by atoms with Crippen LogP contribution >= 0.6 is 0 Å². The first-order valence-corrected chi connectivity index (χ1v) is 5.77. The summed E-state index contributed by atoms with van der Waals surface area (Å²) in [7, 11) is 1.60. The van der Waals surface area contributed by atoms with E-state index >= 15 is 0 Å². The minimum absolute atomic E-state index is 0.160. The molecule has 0 saturated carbocycles. The van der Waals surface area contributed by atoms with E-state index in [2.05, 4.69) is 15.2 Å². The first-order valence-electron chi connectivity index (χ1n) is 5.77. The molecule has 2 N–H and O–H groups in total. The first kappa shape index (κ1) is 12.0. The number of pyridine rings is 1. The van der Waals surface area contributed by atoms with Crippen LogP contribution in [0.1, 0.15) is 21.6 Å². The summed E-state index contributed by atoms with van der Waals surface area (Å²) in [5.41, 5.74) is 2.79. The predicted molar refractivity (Wildman–Crippen MR) is 63.7 cm³/mol. The first-order chi connectivity index (χ1) is 8.24. The Morgan fingerprint density at radius 2 is 2.41 bits per heavy atom. The van der Waals surface area contributed by atoms with Crippen molar-refractivity contribution in [1.82, 2.24) is 15.2 Å². The standard InChI is InChI=1S/C12H17N3O2/c1-13-12(17)11-6-10-8-15(4-5-16)3-2-9(10)7-14-11/h6-7,16H,2-5,8H2,1H3,(H,13,17). The third-order valence-electron chi connectivity index (χ3n) is 3.05. The van der Waals surface area contributed by atoms with Gasteiger partial charge in [0.2, 0.25) is 0 Å². The number of carbonyl (C=O) groups is 1. The fourth-order valence-electron chi connectivity index (χ4n) is 2.08. The third-order valence-corrected chi connectivity index (χ3v) is 3.05. The summed E-state index contributed by atoms with van der Waals surface area (Å²) >= 11 is 0. The Morgan fingerprint density at radius 3 is 3.12 bits per heavy atom. The molecule has 1 amide bonds. The van der Waals surface area contributed by atoms with Crippen LogP contribution in [0.25, 0.3) is 0 Å². The van der Waals surface area contributed by atoms with Crippen LogP contribution in [0, 0.1) is 0 Å². The van der Waals surface area contributed by atoms with Crippen molar-refractivity contribution in [2.45, 2.75) is 13.0 Å². The van der Waals surface area contributed by atoms with E-state index in [4.69, 9.17) is 5.11 Å². The summed E-state index contributed by atoms with van der Waals surface area (Å²) in [5.74, 6) is -0.160. The molecule has 1 aliphatic rings. The van der Waals surface area contributed by atoms with Crippen molar-refractivity contribution >= 4 is 5.91 Å². The van der Waals surface area contributed by atoms with Gasteiger partial charge in [0.15, 0.2) is 0 Å². The summed E-state index contributed by atoms with van der Waals surface area (Å²) in [5, 5.41) is 11.5. The Balaban J connectivity index is 2.20. The molecule has 0 aromatic carbocycles. The van der Waals surface area contributed by atoms with Crippen molar-refractivity contribution in [3.63, 3.8) is 0 Å². The van der Waals surface area contributed by atoms with Crippen LogP contribution in [0.5, 0.6) is 0 Å². The molecule has 5 heteroatoms. The van der Waals surface area contributed by atoms with Crippen LogP contribution < -0.4 is 5.32 Å². The second-order valence-corrected chi connectivity index (χ2v) is 4.17. The highest BCUT2D eigenvalue weighted by molar-refractivity contribution is 5.92. The van der Waals surface area contributed by atoms with Crippen LogP contribution in [-0.2, 0) is 13.0 Å². The number of carbonyl (C=O) groups excluding carboxylic acids is 1. The van der Waals surface area contributed by atoms with Crippen molar-refractivity contribution in [3.8, 4) is 0 Å². The molecule has 92 valence electrons. The monoisotopic (exact) mass is 235 g/mol. The Labute approximate surface area is 100 Å². The molecule has 0 aliphatic carbocycles. The number of aliphatic hydroxyl groups is 1. The van der Waals surface area contributed by atoms with Crippen molar-refractivity contribution < 1.29 is 9.90 Å². The Kier molecular flexibility index (Phi) is 3.71. The number of hydrogen-bond acceptors (Lipinski definition) is 4. The molecule has 2 heterocycles. The van der Waals surface area contributed by atoms with Crippen molar-refractivity contribution in [2.24, 2.45) is 0 Å². The Bertz CT molecular complexity index is 420. The topological polar surface area (TPSA) is 65.5 Å². The number of aliphatic hydroxyl groups excluding tert-OH is 1. The van der Waals surface area contributed by atoms with Gasteiger partial charge in [-0.05, 0) is 23.6 Å². The van der Waals surface area contributed by atoms with E-state index in [-0.39, 0.29) is 12.5 Å². The van der Waals surface area contributed by atoms with Gasteiger partial charge in [0.05, 0.1) is 6.61 Å². The number of nitrogens with zero attached hydrogens (tertiary/aromatic N) is 2. The lowest BCUT2D eigenvalue weighted by atomic mass is 10.0. The molecule has 1 aromatic heterocycles. The van der Waals surface area contributed by atoms with Crippen molar-refractivity contribution in [3.05, 3.63) is 29.1 Å². The highest BCUT2D eigenvalue weighted by Crippen LogP contribution is 2.18. The van der Waals surface area contributed by atoms with Gasteiger partial charge in [-0.3, -0.25) is 14.7 Å². The van der Waals surface area contributed by atoms with Gasteiger partial charge in [0, 0.05) is 32.9 Å². The summed E-state index contributed by atoms with van der Waals surface area (Å²) in [6.07, 6.45) is 2.71. The van der Waals surface area contributed by atoms with Gasteiger partial charge >= 0.3 is 0 Å². The van der Waals surface area contributed by atoms with Crippen molar-refractivity contribution in [2.75, 3.05) is 26.7 Å². The molecular weight excluding hydrogens is 218 g/mol. The number of hydrogen-bond donors (Lipinski definition) is 2. The van der Waals surface area contributed by atoms with Gasteiger partial charge in [-0.1, -0.05) is 0 Å². The summed E-state index contributed by atoms with van der Waals surface area (Å²) in [6.45, 7) is 2.57. The number of aromatic nitrogens is 1. The van der Waals surface area contributed by atoms with Crippen LogP contribution in [0.3, 0.4) is 0 Å². The van der Waals surface area contributed by atoms with E-state index in [1.54, 1.807) is 13.2 Å². The van der Waals surface area contributed by atoms with E-state index < -0.39 is 0 Å². The van der Waals surface area contributed by atoms with E-state index in [1.165, 1.54) is 5.56 Å². The minimum atomic E-state index is -0.160. The van der Waals surface area contributed by atoms with Crippen LogP contribution in [-0.4, -0.2) is 47.6 Å². The Hall–Kier alpha value is -1.46. The molecule has 0 bridgehead atoms. The van der Waals surface area contributed by atoms with Crippen LogP contribution in [0.4, 0.5) is 0 Å². The summed E-state index contributed by atoms with van der Waals surface area (Å²) in [4.78, 5) is 17.8. The average Bonchev–Trinajstić information content (AvgIpc) is 2.37. The number of β-amino-alcohol motifs (C(OH)–C–C–N with tert-alkyl or cyclic N) is 1. The van der Waals surface area contributed by atoms with E-state index in [1.807, 2.05) is 6.07 Å². The molecule has 0 unspecified atom stereocenters. The second-order valence-electron chi connectivity index (χ2n) is 4.17. The van der Waals surface area contributed by atoms with Crippen molar-refractivity contribution in [1.29, 1.82) is 0 Å². The van der Waals surface area contributed by atoms with Gasteiger partial charge < -0.3 is 10.4 Å². The third kappa shape index (κ3) is 2.62. The minimum Gasteiger partial charge on any atom is -0.395 e. The Morgan fingerprint density at radius 1 is 1.59 bits per heavy atom. The molecule has 1 aliphatic heterocycles. The van der Waals surface area contributed by atoms with E-state index in [9.17, 15) is 4.79 Å². The maximum Gasteiger partial charge on any atom is 0.269 e. The van der Waals surface area contributed by atoms with Gasteiger partial charge in [-0.15, -0.1) is 0 Å². The highest BCUT2D eigenvalue weighted by Gasteiger charge is 2.17. The zero-order chi connectivity index (χ0) is 12.3. The molecule has 1 aromatic rings. The number of fused-ring (bicyclic) bond motifs is 1. The van der Waals surface area contributed by atoms with Crippen LogP contribution in [0.2, 0.25) is 0 Å². The lowest BCUT2D eigenvalue weighted by Gasteiger charge is -2.27. The van der Waals surface area contributed by atoms with Gasteiger partial charge in [0.25, 0.3) is 5.91 Å². The summed E-state index contributed by atoms with van der Waals surface area (Å²) in [6, 6.07) is 1.84. The normalized spacial score (nSPS) is 15.4. The number of rotatable bonds is 3. The molecule has 2 rings (SSSR count). The number of amides is 1. The maximum atomic E-state index is 11.5. The molecule has 0 saturated heterocycles. The second kappa shape index (κ2) is 5.25. The molecule has 0 spiro atoms. The molecule has 0 radical (unpaired) electrons. The molecule has 17 heavy (non-hydrogen) atoms. The average molecular weight is 235 g/mol. The lowest BCUT2D eigenvalue weighted by Crippen LogP contribution is -2.33. The summed E-state index contributed by atoms with van der Waals surface area (Å²) < 4.78 is 0. The zero-order valence-corrected chi connectivity index (χ0v) is 9.94.